The number of aromatic nitrogens is 2. The Kier molecular flexibility index (Phi) is 4.16. The molecule has 0 bridgehead atoms. The van der Waals surface area contributed by atoms with E-state index in [2.05, 4.69) is 28.2 Å². The van der Waals surface area contributed by atoms with Crippen molar-refractivity contribution in [2.45, 2.75) is 19.4 Å². The molecule has 0 N–H and O–H groups in total. The molecule has 0 spiro atoms. The smallest absolute Gasteiger partial charge is 0.163 e. The van der Waals surface area contributed by atoms with Crippen molar-refractivity contribution in [2.24, 2.45) is 12.0 Å². The fraction of sp³-hybridized carbons (Fsp3) is 0.208. The van der Waals surface area contributed by atoms with Gasteiger partial charge in [-0.15, -0.1) is 0 Å². The van der Waals surface area contributed by atoms with E-state index in [1.807, 2.05) is 55.2 Å². The number of benzene rings is 2. The van der Waals surface area contributed by atoms with Gasteiger partial charge in [0.1, 0.15) is 11.7 Å². The summed E-state index contributed by atoms with van der Waals surface area (Å²) in [7, 11) is 3.95. The zero-order chi connectivity index (χ0) is 20.0. The number of amidine groups is 1. The van der Waals surface area contributed by atoms with E-state index in [0.29, 0.717) is 19.4 Å². The van der Waals surface area contributed by atoms with Gasteiger partial charge in [0.05, 0.1) is 12.7 Å². The quantitative estimate of drug-likeness (QED) is 0.693. The highest BCUT2D eigenvalue weighted by Gasteiger charge is 2.26. The molecule has 2 aromatic carbocycles. The highest BCUT2D eigenvalue weighted by atomic mass is 16.1. The maximum atomic E-state index is 12.8. The van der Waals surface area contributed by atoms with Crippen LogP contribution in [-0.4, -0.2) is 28.4 Å². The lowest BCUT2D eigenvalue weighted by Gasteiger charge is -2.20. The number of hydrogen-bond acceptors (Lipinski definition) is 4. The van der Waals surface area contributed by atoms with Gasteiger partial charge in [0.2, 0.25) is 0 Å². The molecule has 3 aromatic rings. The fourth-order valence-corrected chi connectivity index (χ4v) is 4.19. The normalized spacial score (nSPS) is 14.3. The topological polar surface area (TPSA) is 50.5 Å². The van der Waals surface area contributed by atoms with Gasteiger partial charge in [0.25, 0.3) is 0 Å². The largest absolute Gasteiger partial charge is 0.314 e. The summed E-state index contributed by atoms with van der Waals surface area (Å²) in [5.41, 5.74) is 6.67. The second-order valence-electron chi connectivity index (χ2n) is 7.65. The highest BCUT2D eigenvalue weighted by molar-refractivity contribution is 6.12. The Morgan fingerprint density at radius 2 is 1.97 bits per heavy atom. The standard InChI is InChI=1S/C24H22N4O/c1-27(23-8-9-26-28(23)2)24-21-14-18-12-19(11-17(18)13-20(21)15-25-24)22(29)10-16-6-4-3-5-7-16/h3-9,12-14H,10-11,15H2,1-2H3. The molecular weight excluding hydrogens is 360 g/mol. The van der Waals surface area contributed by atoms with Crippen molar-refractivity contribution in [3.05, 3.63) is 88.1 Å². The van der Waals surface area contributed by atoms with Crippen LogP contribution in [0.25, 0.3) is 6.08 Å². The first-order valence-electron chi connectivity index (χ1n) is 9.80. The molecular formula is C24H22N4O. The molecule has 2 aliphatic rings. The molecule has 29 heavy (non-hydrogen) atoms. The fourth-order valence-electron chi connectivity index (χ4n) is 4.19. The number of rotatable bonds is 4. The summed E-state index contributed by atoms with van der Waals surface area (Å²) in [5.74, 6) is 2.14. The molecule has 5 heteroatoms. The predicted molar refractivity (Wildman–Crippen MR) is 115 cm³/mol. The van der Waals surface area contributed by atoms with Crippen molar-refractivity contribution in [3.8, 4) is 0 Å². The monoisotopic (exact) mass is 382 g/mol. The molecule has 0 atom stereocenters. The maximum absolute atomic E-state index is 12.8. The average Bonchev–Trinajstić information content (AvgIpc) is 3.44. The Hall–Kier alpha value is -3.47. The number of ketones is 1. The summed E-state index contributed by atoms with van der Waals surface area (Å²) in [4.78, 5) is 19.6. The van der Waals surface area contributed by atoms with Crippen LogP contribution in [0.5, 0.6) is 0 Å². The first-order valence-corrected chi connectivity index (χ1v) is 9.80. The lowest BCUT2D eigenvalue weighted by molar-refractivity contribution is -0.114. The molecule has 0 unspecified atom stereocenters. The van der Waals surface area contributed by atoms with E-state index >= 15 is 0 Å². The van der Waals surface area contributed by atoms with E-state index in [4.69, 9.17) is 4.99 Å². The Morgan fingerprint density at radius 3 is 2.72 bits per heavy atom. The molecule has 2 heterocycles. The number of aryl methyl sites for hydroxylation is 1. The molecule has 1 aliphatic heterocycles. The second-order valence-corrected chi connectivity index (χ2v) is 7.65. The van der Waals surface area contributed by atoms with Crippen molar-refractivity contribution in [2.75, 3.05) is 11.9 Å². The molecule has 5 nitrogen and oxygen atoms in total. The lowest BCUT2D eigenvalue weighted by Crippen LogP contribution is -2.28. The van der Waals surface area contributed by atoms with Crippen LogP contribution in [0.4, 0.5) is 5.82 Å². The summed E-state index contributed by atoms with van der Waals surface area (Å²) >= 11 is 0. The van der Waals surface area contributed by atoms with Gasteiger partial charge in [-0.25, -0.2) is 0 Å². The summed E-state index contributed by atoms with van der Waals surface area (Å²) in [6.07, 6.45) is 5.01. The molecule has 1 aliphatic carbocycles. The number of fused-ring (bicyclic) bond motifs is 2. The van der Waals surface area contributed by atoms with Gasteiger partial charge in [-0.05, 0) is 34.4 Å². The number of carbonyl (C=O) groups excluding carboxylic acids is 1. The first kappa shape index (κ1) is 17.6. The molecule has 0 radical (unpaired) electrons. The van der Waals surface area contributed by atoms with Crippen LogP contribution < -0.4 is 4.90 Å². The second kappa shape index (κ2) is 6.85. The van der Waals surface area contributed by atoms with E-state index in [1.165, 1.54) is 11.1 Å². The molecule has 0 amide bonds. The minimum absolute atomic E-state index is 0.202. The Morgan fingerprint density at radius 1 is 1.14 bits per heavy atom. The van der Waals surface area contributed by atoms with E-state index in [1.54, 1.807) is 6.20 Å². The van der Waals surface area contributed by atoms with Gasteiger partial charge in [-0.1, -0.05) is 36.4 Å². The number of carbonyl (C=O) groups is 1. The zero-order valence-electron chi connectivity index (χ0n) is 16.6. The maximum Gasteiger partial charge on any atom is 0.163 e. The minimum Gasteiger partial charge on any atom is -0.314 e. The Balaban J connectivity index is 1.41. The van der Waals surface area contributed by atoms with Gasteiger partial charge < -0.3 is 4.90 Å². The number of anilines is 1. The van der Waals surface area contributed by atoms with Crippen LogP contribution in [0.15, 0.2) is 65.3 Å². The van der Waals surface area contributed by atoms with Crippen LogP contribution in [0.2, 0.25) is 0 Å². The molecule has 5 rings (SSSR count). The van der Waals surface area contributed by atoms with E-state index in [0.717, 1.165) is 33.9 Å². The van der Waals surface area contributed by atoms with Crippen LogP contribution in [0, 0.1) is 0 Å². The van der Waals surface area contributed by atoms with Crippen LogP contribution in [0.3, 0.4) is 0 Å². The number of aliphatic imine (C=N–C) groups is 1. The van der Waals surface area contributed by atoms with Gasteiger partial charge >= 0.3 is 0 Å². The van der Waals surface area contributed by atoms with E-state index < -0.39 is 0 Å². The van der Waals surface area contributed by atoms with E-state index in [-0.39, 0.29) is 5.78 Å². The molecule has 0 fully saturated rings. The highest BCUT2D eigenvalue weighted by Crippen LogP contribution is 2.33. The van der Waals surface area contributed by atoms with Crippen LogP contribution in [-0.2, 0) is 31.2 Å². The lowest BCUT2D eigenvalue weighted by atomic mass is 9.99. The number of Topliss-reactive ketones (excluding diaryl/α,β-unsaturated/α-hetero) is 1. The SMILES string of the molecule is CN(C1=NCc2cc3c(cc21)C=C(C(=O)Cc1ccccc1)C3)c1ccnn1C. The third kappa shape index (κ3) is 3.09. The summed E-state index contributed by atoms with van der Waals surface area (Å²) < 4.78 is 1.84. The Labute approximate surface area is 170 Å². The molecule has 0 saturated carbocycles. The number of hydrogen-bond donors (Lipinski definition) is 0. The van der Waals surface area contributed by atoms with Crippen LogP contribution >= 0.6 is 0 Å². The molecule has 144 valence electrons. The third-order valence-corrected chi connectivity index (χ3v) is 5.74. The van der Waals surface area contributed by atoms with Gasteiger partial charge in [-0.3, -0.25) is 14.5 Å². The van der Waals surface area contributed by atoms with Crippen molar-refractivity contribution in [1.29, 1.82) is 0 Å². The summed E-state index contributed by atoms with van der Waals surface area (Å²) in [5, 5.41) is 4.26. The van der Waals surface area contributed by atoms with Crippen molar-refractivity contribution < 1.29 is 4.79 Å². The first-order chi connectivity index (χ1) is 14.1. The van der Waals surface area contributed by atoms with Crippen molar-refractivity contribution >= 4 is 23.5 Å². The Bertz CT molecular complexity index is 1170. The summed E-state index contributed by atoms with van der Waals surface area (Å²) in [6, 6.07) is 16.3. The third-order valence-electron chi connectivity index (χ3n) is 5.74. The number of nitrogens with zero attached hydrogens (tertiary/aromatic N) is 4. The predicted octanol–water partition coefficient (Wildman–Crippen LogP) is 3.57. The molecule has 0 saturated heterocycles. The zero-order valence-corrected chi connectivity index (χ0v) is 16.6. The van der Waals surface area contributed by atoms with Gasteiger partial charge in [-0.2, -0.15) is 5.10 Å². The van der Waals surface area contributed by atoms with Gasteiger partial charge in [0.15, 0.2) is 5.78 Å². The van der Waals surface area contributed by atoms with Crippen molar-refractivity contribution in [3.63, 3.8) is 0 Å². The average molecular weight is 382 g/mol. The van der Waals surface area contributed by atoms with E-state index in [9.17, 15) is 4.79 Å². The summed E-state index contributed by atoms with van der Waals surface area (Å²) in [6.45, 7) is 0.674. The van der Waals surface area contributed by atoms with Crippen molar-refractivity contribution in [1.82, 2.24) is 9.78 Å². The van der Waals surface area contributed by atoms with Crippen LogP contribution in [0.1, 0.15) is 27.8 Å². The number of allylic oxidation sites excluding steroid dienone is 1. The molecule has 1 aromatic heterocycles. The minimum atomic E-state index is 0.202. The van der Waals surface area contributed by atoms with Gasteiger partial charge in [0, 0.05) is 44.1 Å².